The molecule has 0 bridgehead atoms. The summed E-state index contributed by atoms with van der Waals surface area (Å²) in [4.78, 5) is 4.51. The quantitative estimate of drug-likeness (QED) is 0.878. The molecule has 1 aliphatic carbocycles. The molecule has 0 spiro atoms. The molecule has 0 aliphatic heterocycles. The fraction of sp³-hybridized carbons (Fsp3) is 0.526. The minimum Gasteiger partial charge on any atom is -0.310 e. The number of hydrogen-bond acceptors (Lipinski definition) is 2. The van der Waals surface area contributed by atoms with Crippen LogP contribution < -0.4 is 5.32 Å². The van der Waals surface area contributed by atoms with E-state index in [4.69, 9.17) is 0 Å². The zero-order chi connectivity index (χ0) is 14.7. The third kappa shape index (κ3) is 3.11. The lowest BCUT2D eigenvalue weighted by atomic mass is 9.77. The van der Waals surface area contributed by atoms with E-state index in [1.54, 1.807) is 0 Å². The maximum absolute atomic E-state index is 4.51. The Morgan fingerprint density at radius 3 is 2.67 bits per heavy atom. The first-order chi connectivity index (χ1) is 10.3. The monoisotopic (exact) mass is 282 g/mol. The fourth-order valence-corrected chi connectivity index (χ4v) is 3.76. The Morgan fingerprint density at radius 2 is 1.90 bits per heavy atom. The molecule has 1 saturated carbocycles. The number of hydrogen-bond donors (Lipinski definition) is 1. The molecule has 1 unspecified atom stereocenters. The van der Waals surface area contributed by atoms with Crippen molar-refractivity contribution in [3.8, 4) is 0 Å². The summed E-state index contributed by atoms with van der Waals surface area (Å²) in [6.45, 7) is 5.62. The Morgan fingerprint density at radius 1 is 1.14 bits per heavy atom. The van der Waals surface area contributed by atoms with Crippen molar-refractivity contribution >= 4 is 10.9 Å². The lowest BCUT2D eigenvalue weighted by Crippen LogP contribution is -2.31. The van der Waals surface area contributed by atoms with E-state index in [0.29, 0.717) is 6.04 Å². The second-order valence-corrected chi connectivity index (χ2v) is 6.47. The summed E-state index contributed by atoms with van der Waals surface area (Å²) < 4.78 is 0. The molecule has 0 radical (unpaired) electrons. The SMILES string of the molecule is CCNC(c1ccnc2ccccc12)C1CCC(C)CC1. The van der Waals surface area contributed by atoms with Gasteiger partial charge >= 0.3 is 0 Å². The van der Waals surface area contributed by atoms with Gasteiger partial charge in [-0.1, -0.05) is 44.9 Å². The maximum atomic E-state index is 4.51. The average molecular weight is 282 g/mol. The molecule has 1 aromatic heterocycles. The number of fused-ring (bicyclic) bond motifs is 1. The van der Waals surface area contributed by atoms with Gasteiger partial charge in [-0.2, -0.15) is 0 Å². The Balaban J connectivity index is 1.95. The summed E-state index contributed by atoms with van der Waals surface area (Å²) in [5, 5.41) is 5.06. The van der Waals surface area contributed by atoms with Crippen molar-refractivity contribution in [3.63, 3.8) is 0 Å². The molecule has 0 amide bonds. The Bertz CT molecular complexity index is 580. The Hall–Kier alpha value is -1.41. The molecule has 1 aromatic carbocycles. The van der Waals surface area contributed by atoms with Crippen LogP contribution >= 0.6 is 0 Å². The van der Waals surface area contributed by atoms with Gasteiger partial charge in [0.15, 0.2) is 0 Å². The van der Waals surface area contributed by atoms with Gasteiger partial charge in [0.1, 0.15) is 0 Å². The van der Waals surface area contributed by atoms with Gasteiger partial charge in [-0.05, 0) is 48.9 Å². The van der Waals surface area contributed by atoms with Crippen molar-refractivity contribution in [2.45, 2.75) is 45.6 Å². The van der Waals surface area contributed by atoms with Crippen LogP contribution in [0.5, 0.6) is 0 Å². The highest BCUT2D eigenvalue weighted by Crippen LogP contribution is 2.38. The second-order valence-electron chi connectivity index (χ2n) is 6.47. The van der Waals surface area contributed by atoms with E-state index in [1.807, 2.05) is 6.20 Å². The van der Waals surface area contributed by atoms with Gasteiger partial charge in [-0.25, -0.2) is 0 Å². The predicted molar refractivity (Wildman–Crippen MR) is 89.3 cm³/mol. The van der Waals surface area contributed by atoms with E-state index in [9.17, 15) is 0 Å². The van der Waals surface area contributed by atoms with E-state index >= 15 is 0 Å². The summed E-state index contributed by atoms with van der Waals surface area (Å²) in [6.07, 6.45) is 7.39. The summed E-state index contributed by atoms with van der Waals surface area (Å²) >= 11 is 0. The molecule has 2 nitrogen and oxygen atoms in total. The third-order valence-corrected chi connectivity index (χ3v) is 4.97. The fourth-order valence-electron chi connectivity index (χ4n) is 3.76. The van der Waals surface area contributed by atoms with Crippen LogP contribution in [0.3, 0.4) is 0 Å². The van der Waals surface area contributed by atoms with Crippen LogP contribution in [-0.2, 0) is 0 Å². The van der Waals surface area contributed by atoms with Crippen molar-refractivity contribution in [1.82, 2.24) is 10.3 Å². The molecule has 1 atom stereocenters. The lowest BCUT2D eigenvalue weighted by Gasteiger charge is -2.34. The first-order valence-corrected chi connectivity index (χ1v) is 8.36. The molecule has 1 aliphatic rings. The summed E-state index contributed by atoms with van der Waals surface area (Å²) in [5.41, 5.74) is 2.55. The summed E-state index contributed by atoms with van der Waals surface area (Å²) in [7, 11) is 0. The van der Waals surface area contributed by atoms with E-state index < -0.39 is 0 Å². The van der Waals surface area contributed by atoms with Crippen LogP contribution in [0.25, 0.3) is 10.9 Å². The van der Waals surface area contributed by atoms with E-state index in [-0.39, 0.29) is 0 Å². The zero-order valence-corrected chi connectivity index (χ0v) is 13.2. The van der Waals surface area contributed by atoms with Crippen molar-refractivity contribution in [3.05, 3.63) is 42.1 Å². The van der Waals surface area contributed by atoms with Crippen LogP contribution in [0.15, 0.2) is 36.5 Å². The number of para-hydroxylation sites is 1. The van der Waals surface area contributed by atoms with Crippen LogP contribution in [0.1, 0.15) is 51.1 Å². The zero-order valence-electron chi connectivity index (χ0n) is 13.2. The topological polar surface area (TPSA) is 24.9 Å². The standard InChI is InChI=1S/C19H26N2/c1-3-20-19(15-10-8-14(2)9-11-15)17-12-13-21-18-7-5-4-6-16(17)18/h4-7,12-15,19-20H,3,8-11H2,1-2H3. The lowest BCUT2D eigenvalue weighted by molar-refractivity contribution is 0.234. The maximum Gasteiger partial charge on any atom is 0.0705 e. The van der Waals surface area contributed by atoms with Crippen LogP contribution in [0, 0.1) is 11.8 Å². The molecule has 3 rings (SSSR count). The number of pyridine rings is 1. The first-order valence-electron chi connectivity index (χ1n) is 8.36. The van der Waals surface area contributed by atoms with Gasteiger partial charge < -0.3 is 5.32 Å². The molecule has 2 heteroatoms. The van der Waals surface area contributed by atoms with E-state index in [0.717, 1.165) is 23.9 Å². The molecular formula is C19H26N2. The van der Waals surface area contributed by atoms with Gasteiger partial charge in [0.2, 0.25) is 0 Å². The Labute approximate surface area is 128 Å². The summed E-state index contributed by atoms with van der Waals surface area (Å²) in [5.74, 6) is 1.66. The number of nitrogens with one attached hydrogen (secondary N) is 1. The van der Waals surface area contributed by atoms with Gasteiger partial charge in [0, 0.05) is 17.6 Å². The van der Waals surface area contributed by atoms with Crippen LogP contribution in [0.2, 0.25) is 0 Å². The molecule has 112 valence electrons. The minimum absolute atomic E-state index is 0.468. The molecule has 1 heterocycles. The minimum atomic E-state index is 0.468. The van der Waals surface area contributed by atoms with E-state index in [2.05, 4.69) is 54.5 Å². The Kier molecular flexibility index (Phi) is 4.54. The molecule has 21 heavy (non-hydrogen) atoms. The van der Waals surface area contributed by atoms with Gasteiger partial charge in [0.05, 0.1) is 5.52 Å². The molecule has 1 fully saturated rings. The average Bonchev–Trinajstić information content (AvgIpc) is 2.53. The van der Waals surface area contributed by atoms with Gasteiger partial charge in [-0.15, -0.1) is 0 Å². The van der Waals surface area contributed by atoms with Crippen molar-refractivity contribution in [2.75, 3.05) is 6.54 Å². The largest absolute Gasteiger partial charge is 0.310 e. The van der Waals surface area contributed by atoms with Gasteiger partial charge in [-0.3, -0.25) is 4.98 Å². The van der Waals surface area contributed by atoms with Crippen molar-refractivity contribution < 1.29 is 0 Å². The molecule has 0 saturated heterocycles. The highest BCUT2D eigenvalue weighted by atomic mass is 14.9. The highest BCUT2D eigenvalue weighted by molar-refractivity contribution is 5.82. The molecular weight excluding hydrogens is 256 g/mol. The number of aromatic nitrogens is 1. The second kappa shape index (κ2) is 6.57. The number of nitrogens with zero attached hydrogens (tertiary/aromatic N) is 1. The highest BCUT2D eigenvalue weighted by Gasteiger charge is 2.27. The van der Waals surface area contributed by atoms with Crippen LogP contribution in [-0.4, -0.2) is 11.5 Å². The predicted octanol–water partition coefficient (Wildman–Crippen LogP) is 4.71. The number of benzene rings is 1. The normalized spacial score (nSPS) is 24.1. The first kappa shape index (κ1) is 14.5. The van der Waals surface area contributed by atoms with Crippen molar-refractivity contribution in [1.29, 1.82) is 0 Å². The van der Waals surface area contributed by atoms with Crippen molar-refractivity contribution in [2.24, 2.45) is 11.8 Å². The third-order valence-electron chi connectivity index (χ3n) is 4.97. The van der Waals surface area contributed by atoms with E-state index in [1.165, 1.54) is 36.6 Å². The summed E-state index contributed by atoms with van der Waals surface area (Å²) in [6, 6.07) is 11.2. The molecule has 1 N–H and O–H groups in total. The smallest absolute Gasteiger partial charge is 0.0705 e. The van der Waals surface area contributed by atoms with Crippen LogP contribution in [0.4, 0.5) is 0 Å². The molecule has 2 aromatic rings. The van der Waals surface area contributed by atoms with Gasteiger partial charge in [0.25, 0.3) is 0 Å². The number of rotatable bonds is 4.